The highest BCUT2D eigenvalue weighted by atomic mass is 32.2. The van der Waals surface area contributed by atoms with E-state index in [-0.39, 0.29) is 22.8 Å². The summed E-state index contributed by atoms with van der Waals surface area (Å²) in [5, 5.41) is 11.3. The Balaban J connectivity index is 2.31. The van der Waals surface area contributed by atoms with Crippen LogP contribution in [0.4, 0.5) is 14.5 Å². The first-order valence-electron chi connectivity index (χ1n) is 5.63. The lowest BCUT2D eigenvalue weighted by atomic mass is 10.0. The van der Waals surface area contributed by atoms with Gasteiger partial charge in [-0.1, -0.05) is 0 Å². The zero-order valence-corrected chi connectivity index (χ0v) is 11.0. The molecule has 0 bridgehead atoms. The molecule has 0 amide bonds. The second-order valence-electron chi connectivity index (χ2n) is 4.93. The highest BCUT2D eigenvalue weighted by Gasteiger charge is 2.38. The minimum Gasteiger partial charge on any atom is -0.376 e. The molecule has 1 aromatic carbocycles. The maximum absolute atomic E-state index is 13.7. The summed E-state index contributed by atoms with van der Waals surface area (Å²) in [5.41, 5.74) is -1.33. The quantitative estimate of drug-likeness (QED) is 0.900. The van der Waals surface area contributed by atoms with Gasteiger partial charge in [0, 0.05) is 5.54 Å². The van der Waals surface area contributed by atoms with Crippen LogP contribution in [0.5, 0.6) is 0 Å². The van der Waals surface area contributed by atoms with E-state index in [0.717, 1.165) is 6.07 Å². The molecular weight excluding hydrogens is 274 g/mol. The fourth-order valence-electron chi connectivity index (χ4n) is 2.17. The van der Waals surface area contributed by atoms with Crippen LogP contribution in [-0.2, 0) is 9.84 Å². The molecule has 0 radical (unpaired) electrons. The van der Waals surface area contributed by atoms with Crippen molar-refractivity contribution in [1.29, 1.82) is 5.26 Å². The number of rotatable bonds is 2. The molecule has 1 aromatic rings. The summed E-state index contributed by atoms with van der Waals surface area (Å²) in [6, 6.07) is 3.94. The van der Waals surface area contributed by atoms with E-state index in [1.807, 2.05) is 0 Å². The molecule has 1 heterocycles. The van der Waals surface area contributed by atoms with Gasteiger partial charge < -0.3 is 5.32 Å². The number of hydrogen-bond donors (Lipinski definition) is 1. The number of nitrogens with zero attached hydrogens (tertiary/aromatic N) is 1. The topological polar surface area (TPSA) is 70.0 Å². The van der Waals surface area contributed by atoms with Crippen LogP contribution in [0.2, 0.25) is 0 Å². The second-order valence-corrected chi connectivity index (χ2v) is 7.11. The zero-order valence-electron chi connectivity index (χ0n) is 10.2. The van der Waals surface area contributed by atoms with E-state index < -0.39 is 27.0 Å². The maximum Gasteiger partial charge on any atom is 0.183 e. The van der Waals surface area contributed by atoms with E-state index in [9.17, 15) is 17.2 Å². The fraction of sp³-hybridized carbons (Fsp3) is 0.417. The number of benzene rings is 1. The first-order chi connectivity index (χ1) is 8.76. The van der Waals surface area contributed by atoms with Crippen molar-refractivity contribution in [1.82, 2.24) is 0 Å². The van der Waals surface area contributed by atoms with Gasteiger partial charge >= 0.3 is 0 Å². The van der Waals surface area contributed by atoms with Crippen LogP contribution in [0.15, 0.2) is 12.1 Å². The van der Waals surface area contributed by atoms with E-state index in [0.29, 0.717) is 6.42 Å². The molecule has 1 fully saturated rings. The summed E-state index contributed by atoms with van der Waals surface area (Å²) in [5.74, 6) is -2.49. The molecule has 1 saturated heterocycles. The van der Waals surface area contributed by atoms with Crippen molar-refractivity contribution in [3.8, 4) is 6.07 Å². The van der Waals surface area contributed by atoms with Crippen molar-refractivity contribution < 1.29 is 17.2 Å². The van der Waals surface area contributed by atoms with Gasteiger partial charge in [0.05, 0.1) is 22.8 Å². The van der Waals surface area contributed by atoms with Gasteiger partial charge in [0.2, 0.25) is 0 Å². The van der Waals surface area contributed by atoms with Crippen molar-refractivity contribution in [3.63, 3.8) is 0 Å². The first-order valence-corrected chi connectivity index (χ1v) is 7.45. The standard InChI is InChI=1S/C12H12F2N2O2S/c1-12(4-5-19(17,18)7-12)16-9-3-2-8(6-15)10(13)11(9)14/h2-3,16H,4-5,7H2,1H3. The Hall–Kier alpha value is -1.68. The Labute approximate surface area is 110 Å². The zero-order chi connectivity index (χ0) is 14.3. The number of sulfone groups is 1. The van der Waals surface area contributed by atoms with E-state index >= 15 is 0 Å². The summed E-state index contributed by atoms with van der Waals surface area (Å²) in [7, 11) is -3.14. The minimum atomic E-state index is -3.14. The third kappa shape index (κ3) is 2.68. The molecule has 7 heteroatoms. The van der Waals surface area contributed by atoms with Crippen LogP contribution in [0.25, 0.3) is 0 Å². The molecule has 0 spiro atoms. The molecule has 0 aromatic heterocycles. The molecule has 1 N–H and O–H groups in total. The lowest BCUT2D eigenvalue weighted by Gasteiger charge is -2.25. The fourth-order valence-corrected chi connectivity index (χ4v) is 4.26. The van der Waals surface area contributed by atoms with Crippen LogP contribution in [0.3, 0.4) is 0 Å². The van der Waals surface area contributed by atoms with Gasteiger partial charge in [-0.05, 0) is 25.5 Å². The molecule has 102 valence electrons. The van der Waals surface area contributed by atoms with Crippen LogP contribution >= 0.6 is 0 Å². The number of anilines is 1. The van der Waals surface area contributed by atoms with Crippen molar-refractivity contribution >= 4 is 15.5 Å². The second kappa shape index (κ2) is 4.46. The maximum atomic E-state index is 13.7. The Kier molecular flexibility index (Phi) is 3.22. The molecule has 1 aliphatic rings. The summed E-state index contributed by atoms with van der Waals surface area (Å²) in [6.45, 7) is 1.65. The van der Waals surface area contributed by atoms with E-state index in [2.05, 4.69) is 5.32 Å². The molecule has 2 rings (SSSR count). The normalized spacial score (nSPS) is 24.9. The third-order valence-electron chi connectivity index (χ3n) is 3.14. The van der Waals surface area contributed by atoms with Gasteiger partial charge in [-0.25, -0.2) is 17.2 Å². The number of hydrogen-bond acceptors (Lipinski definition) is 4. The smallest absolute Gasteiger partial charge is 0.183 e. The Bertz CT molecular complexity index is 667. The number of halogens is 2. The predicted octanol–water partition coefficient (Wildman–Crippen LogP) is 1.83. The van der Waals surface area contributed by atoms with E-state index in [1.54, 1.807) is 13.0 Å². The van der Waals surface area contributed by atoms with E-state index in [4.69, 9.17) is 5.26 Å². The van der Waals surface area contributed by atoms with Crippen LogP contribution in [0.1, 0.15) is 18.9 Å². The largest absolute Gasteiger partial charge is 0.376 e. The highest BCUT2D eigenvalue weighted by Crippen LogP contribution is 2.29. The van der Waals surface area contributed by atoms with Gasteiger partial charge in [-0.3, -0.25) is 0 Å². The minimum absolute atomic E-state index is 0.0247. The van der Waals surface area contributed by atoms with Gasteiger partial charge in [0.1, 0.15) is 6.07 Å². The Morgan fingerprint density at radius 2 is 2.05 bits per heavy atom. The van der Waals surface area contributed by atoms with Gasteiger partial charge in [-0.2, -0.15) is 5.26 Å². The SMILES string of the molecule is CC1(Nc2ccc(C#N)c(F)c2F)CCS(=O)(=O)C1. The molecular formula is C12H12F2N2O2S. The number of nitrogens with one attached hydrogen (secondary N) is 1. The molecule has 19 heavy (non-hydrogen) atoms. The average molecular weight is 286 g/mol. The summed E-state index contributed by atoms with van der Waals surface area (Å²) >= 11 is 0. The molecule has 1 aliphatic heterocycles. The molecule has 0 saturated carbocycles. The van der Waals surface area contributed by atoms with Crippen molar-refractivity contribution in [2.75, 3.05) is 16.8 Å². The highest BCUT2D eigenvalue weighted by molar-refractivity contribution is 7.91. The number of nitriles is 1. The lowest BCUT2D eigenvalue weighted by molar-refractivity contribution is 0.501. The van der Waals surface area contributed by atoms with Gasteiger partial charge in [0.15, 0.2) is 21.5 Å². The lowest BCUT2D eigenvalue weighted by Crippen LogP contribution is -2.36. The molecule has 1 atom stereocenters. The molecule has 4 nitrogen and oxygen atoms in total. The molecule has 1 unspecified atom stereocenters. The average Bonchev–Trinajstić information content (AvgIpc) is 2.60. The van der Waals surface area contributed by atoms with Crippen molar-refractivity contribution in [2.45, 2.75) is 18.9 Å². The molecule has 0 aliphatic carbocycles. The summed E-state index contributed by atoms with van der Waals surface area (Å²) in [6.07, 6.45) is 0.330. The Morgan fingerprint density at radius 3 is 2.58 bits per heavy atom. The van der Waals surface area contributed by atoms with Crippen LogP contribution < -0.4 is 5.32 Å². The van der Waals surface area contributed by atoms with Gasteiger partial charge in [-0.15, -0.1) is 0 Å². The van der Waals surface area contributed by atoms with Crippen molar-refractivity contribution in [3.05, 3.63) is 29.3 Å². The summed E-state index contributed by atoms with van der Waals surface area (Å²) < 4.78 is 50.1. The van der Waals surface area contributed by atoms with E-state index in [1.165, 1.54) is 6.07 Å². The first kappa shape index (κ1) is 13.7. The Morgan fingerprint density at radius 1 is 1.37 bits per heavy atom. The third-order valence-corrected chi connectivity index (χ3v) is 5.05. The summed E-state index contributed by atoms with van der Waals surface area (Å²) in [4.78, 5) is 0. The monoisotopic (exact) mass is 286 g/mol. The van der Waals surface area contributed by atoms with Crippen molar-refractivity contribution in [2.24, 2.45) is 0 Å². The van der Waals surface area contributed by atoms with Crippen LogP contribution in [0, 0.1) is 23.0 Å². The van der Waals surface area contributed by atoms with Gasteiger partial charge in [0.25, 0.3) is 0 Å². The van der Waals surface area contributed by atoms with Crippen LogP contribution in [-0.4, -0.2) is 25.5 Å². The predicted molar refractivity (Wildman–Crippen MR) is 66.4 cm³/mol.